The summed E-state index contributed by atoms with van der Waals surface area (Å²) < 4.78 is 10.6. The molecule has 0 saturated carbocycles. The van der Waals surface area contributed by atoms with Gasteiger partial charge in [-0.3, -0.25) is 19.2 Å². The fraction of sp³-hybridized carbons (Fsp3) is 0.320. The number of Topliss-reactive ketones (excluding diaryl/α,β-unsaturated/α-hetero) is 1. The van der Waals surface area contributed by atoms with E-state index in [4.69, 9.17) is 4.74 Å². The number of imide groups is 3. The van der Waals surface area contributed by atoms with Gasteiger partial charge in [0.1, 0.15) is 0 Å². The number of fused-ring (bicyclic) bond motifs is 3. The van der Waals surface area contributed by atoms with Gasteiger partial charge in [-0.25, -0.2) is 4.79 Å². The molecule has 36 heavy (non-hydrogen) atoms. The van der Waals surface area contributed by atoms with E-state index in [-0.39, 0.29) is 40.0 Å². The van der Waals surface area contributed by atoms with Crippen LogP contribution in [0.5, 0.6) is 11.5 Å². The van der Waals surface area contributed by atoms with E-state index in [0.717, 1.165) is 7.11 Å². The Balaban J connectivity index is 1.73. The Morgan fingerprint density at radius 3 is 2.47 bits per heavy atom. The van der Waals surface area contributed by atoms with Crippen molar-refractivity contribution in [2.24, 2.45) is 17.8 Å². The molecule has 186 valence electrons. The van der Waals surface area contributed by atoms with Gasteiger partial charge in [0.05, 0.1) is 30.5 Å². The maximum Gasteiger partial charge on any atom is 0.423 e. The zero-order valence-corrected chi connectivity index (χ0v) is 22.2. The van der Waals surface area contributed by atoms with E-state index >= 15 is 0 Å². The van der Waals surface area contributed by atoms with Gasteiger partial charge < -0.3 is 14.6 Å². The molecule has 1 aliphatic heterocycles. The van der Waals surface area contributed by atoms with Gasteiger partial charge in [-0.2, -0.15) is 4.90 Å². The number of methoxy groups -OCH3 is 2. The summed E-state index contributed by atoms with van der Waals surface area (Å²) in [5.41, 5.74) is 1.36. The molecule has 3 amide bonds. The van der Waals surface area contributed by atoms with Gasteiger partial charge in [0, 0.05) is 33.2 Å². The second-order valence-electron chi connectivity index (χ2n) is 8.92. The van der Waals surface area contributed by atoms with Crippen LogP contribution in [0.3, 0.4) is 0 Å². The van der Waals surface area contributed by atoms with Gasteiger partial charge >= 0.3 is 6.09 Å². The predicted octanol–water partition coefficient (Wildman–Crippen LogP) is 3.69. The van der Waals surface area contributed by atoms with E-state index in [2.05, 4.69) is 36.6 Å². The number of likely N-dealkylation sites (tertiary alicyclic amines) is 1. The molecule has 9 nitrogen and oxygen atoms in total. The number of rotatable bonds is 2. The molecule has 4 aliphatic rings. The van der Waals surface area contributed by atoms with Crippen LogP contribution in [0.15, 0.2) is 50.0 Å². The van der Waals surface area contributed by atoms with E-state index in [1.165, 1.54) is 13.2 Å². The summed E-state index contributed by atoms with van der Waals surface area (Å²) in [5.74, 6) is -5.44. The summed E-state index contributed by atoms with van der Waals surface area (Å²) in [4.78, 5) is 65.5. The highest BCUT2D eigenvalue weighted by Crippen LogP contribution is 2.57. The second-order valence-corrected chi connectivity index (χ2v) is 10.7. The molecular formula is C25H19Br2NO8. The zero-order valence-electron chi connectivity index (χ0n) is 19.0. The molecule has 4 atom stereocenters. The standard InChI is InChI=1S/C25H19Br2NO8/c1-35-17-6-9(26)5-13(22(17)31)18-10-3-4-11-19(24(33)28(23(11)32)25(34)36-2)12(10)7-14-20(18)16(29)8-15(27)21(14)30/h3,5-6,8,11-12,18-19,31H,4,7H2,1-2H3/t11-,12+,18+,19-/m0/s1. The maximum atomic E-state index is 13.4. The zero-order chi connectivity index (χ0) is 26.0. The number of amides is 3. The number of carbonyl (C=O) groups is 5. The fourth-order valence-electron chi connectivity index (χ4n) is 5.80. The molecule has 0 radical (unpaired) electrons. The summed E-state index contributed by atoms with van der Waals surface area (Å²) in [6.07, 6.45) is 2.12. The summed E-state index contributed by atoms with van der Waals surface area (Å²) in [6.45, 7) is 0. The lowest BCUT2D eigenvalue weighted by Crippen LogP contribution is -2.40. The number of allylic oxidation sites excluding steroid dienone is 6. The minimum absolute atomic E-state index is 0.0340. The van der Waals surface area contributed by atoms with Gasteiger partial charge in [0.25, 0.3) is 0 Å². The van der Waals surface area contributed by atoms with Crippen LogP contribution in [-0.4, -0.2) is 53.7 Å². The van der Waals surface area contributed by atoms with Crippen molar-refractivity contribution in [3.05, 3.63) is 55.5 Å². The number of phenolic OH excluding ortho intramolecular Hbond substituents is 1. The van der Waals surface area contributed by atoms with E-state index in [0.29, 0.717) is 20.5 Å². The van der Waals surface area contributed by atoms with Crippen molar-refractivity contribution in [3.8, 4) is 11.5 Å². The molecule has 11 heteroatoms. The number of nitrogens with zero attached hydrogens (tertiary/aromatic N) is 1. The Morgan fingerprint density at radius 2 is 1.81 bits per heavy atom. The van der Waals surface area contributed by atoms with Gasteiger partial charge in [-0.05, 0) is 46.8 Å². The third kappa shape index (κ3) is 3.43. The molecule has 1 aromatic carbocycles. The lowest BCUT2D eigenvalue weighted by Gasteiger charge is -2.42. The number of ketones is 2. The molecule has 0 spiro atoms. The van der Waals surface area contributed by atoms with E-state index in [1.54, 1.807) is 18.2 Å². The number of halogens is 2. The van der Waals surface area contributed by atoms with Crippen molar-refractivity contribution in [1.29, 1.82) is 0 Å². The normalized spacial score (nSPS) is 27.3. The highest BCUT2D eigenvalue weighted by Gasteiger charge is 2.58. The van der Waals surface area contributed by atoms with E-state index < -0.39 is 53.1 Å². The third-order valence-corrected chi connectivity index (χ3v) is 8.34. The summed E-state index contributed by atoms with van der Waals surface area (Å²) in [7, 11) is 2.48. The Hall–Kier alpha value is -3.05. The molecule has 0 bridgehead atoms. The molecule has 1 fully saturated rings. The first kappa shape index (κ1) is 24.6. The number of ether oxygens (including phenoxy) is 2. The van der Waals surface area contributed by atoms with Gasteiger partial charge in [0.15, 0.2) is 23.1 Å². The molecule has 5 rings (SSSR count). The quantitative estimate of drug-likeness (QED) is 0.301. The lowest BCUT2D eigenvalue weighted by molar-refractivity contribution is -0.137. The summed E-state index contributed by atoms with van der Waals surface area (Å²) >= 11 is 6.57. The third-order valence-electron chi connectivity index (χ3n) is 7.29. The summed E-state index contributed by atoms with van der Waals surface area (Å²) in [5, 5.41) is 11.1. The van der Waals surface area contributed by atoms with E-state index in [9.17, 15) is 29.1 Å². The smallest absolute Gasteiger partial charge is 0.423 e. The Kier molecular flexibility index (Phi) is 6.03. The number of hydrogen-bond acceptors (Lipinski definition) is 8. The fourth-order valence-corrected chi connectivity index (χ4v) is 6.71. The van der Waals surface area contributed by atoms with Crippen molar-refractivity contribution in [2.75, 3.05) is 14.2 Å². The van der Waals surface area contributed by atoms with Gasteiger partial charge in [0.2, 0.25) is 11.8 Å². The maximum absolute atomic E-state index is 13.4. The van der Waals surface area contributed by atoms with Crippen molar-refractivity contribution >= 4 is 61.3 Å². The minimum Gasteiger partial charge on any atom is -0.504 e. The molecule has 1 heterocycles. The van der Waals surface area contributed by atoms with Crippen LogP contribution in [-0.2, 0) is 23.9 Å². The molecule has 3 aliphatic carbocycles. The number of hydrogen-bond donors (Lipinski definition) is 1. The first-order valence-electron chi connectivity index (χ1n) is 11.0. The highest BCUT2D eigenvalue weighted by atomic mass is 79.9. The van der Waals surface area contributed by atoms with Gasteiger partial charge in [-0.1, -0.05) is 27.6 Å². The molecule has 1 saturated heterocycles. The number of benzene rings is 1. The van der Waals surface area contributed by atoms with Crippen LogP contribution in [0, 0.1) is 17.8 Å². The van der Waals surface area contributed by atoms with Crippen LogP contribution < -0.4 is 4.74 Å². The Bertz CT molecular complexity index is 1370. The Morgan fingerprint density at radius 1 is 1.08 bits per heavy atom. The number of carbonyl (C=O) groups excluding carboxylic acids is 5. The van der Waals surface area contributed by atoms with Crippen LogP contribution in [0.1, 0.15) is 24.3 Å². The first-order valence-corrected chi connectivity index (χ1v) is 12.6. The highest BCUT2D eigenvalue weighted by molar-refractivity contribution is 9.12. The topological polar surface area (TPSA) is 127 Å². The average Bonchev–Trinajstić information content (AvgIpc) is 3.11. The molecule has 0 unspecified atom stereocenters. The number of aromatic hydroxyl groups is 1. The molecule has 1 aromatic rings. The van der Waals surface area contributed by atoms with Crippen molar-refractivity contribution in [3.63, 3.8) is 0 Å². The van der Waals surface area contributed by atoms with Crippen LogP contribution >= 0.6 is 31.9 Å². The van der Waals surface area contributed by atoms with Crippen molar-refractivity contribution in [2.45, 2.75) is 18.8 Å². The molecule has 0 aromatic heterocycles. The molecule has 1 N–H and O–H groups in total. The van der Waals surface area contributed by atoms with E-state index in [1.807, 2.05) is 0 Å². The van der Waals surface area contributed by atoms with Crippen LogP contribution in [0.2, 0.25) is 0 Å². The van der Waals surface area contributed by atoms with Crippen LogP contribution in [0.4, 0.5) is 4.79 Å². The van der Waals surface area contributed by atoms with Gasteiger partial charge in [-0.15, -0.1) is 0 Å². The van der Waals surface area contributed by atoms with Crippen molar-refractivity contribution in [1.82, 2.24) is 4.90 Å². The lowest BCUT2D eigenvalue weighted by atomic mass is 9.59. The predicted molar refractivity (Wildman–Crippen MR) is 131 cm³/mol. The minimum atomic E-state index is -1.06. The Labute approximate surface area is 222 Å². The SMILES string of the molecule is COC(=O)N1C(=O)[C@H]2[C@H](CC=C3[C@H](c4cc(Br)cc(OC)c4O)C4=C(C[C@H]32)C(=O)C(Br)=CC4=O)C1=O. The number of phenols is 1. The summed E-state index contributed by atoms with van der Waals surface area (Å²) in [6, 6.07) is 3.20. The average molecular weight is 621 g/mol. The largest absolute Gasteiger partial charge is 0.504 e. The molecular weight excluding hydrogens is 602 g/mol. The monoisotopic (exact) mass is 619 g/mol. The van der Waals surface area contributed by atoms with Crippen molar-refractivity contribution < 1.29 is 38.6 Å². The van der Waals surface area contributed by atoms with Crippen LogP contribution in [0.25, 0.3) is 0 Å². The second kappa shape index (κ2) is 8.81. The first-order chi connectivity index (χ1) is 17.1.